The molecule has 50 heavy (non-hydrogen) atoms. The van der Waals surface area contributed by atoms with Crippen LogP contribution in [0.15, 0.2) is 146 Å². The summed E-state index contributed by atoms with van der Waals surface area (Å²) >= 11 is 0. The van der Waals surface area contributed by atoms with Crippen LogP contribution in [0.25, 0.3) is 65.3 Å². The van der Waals surface area contributed by atoms with E-state index in [9.17, 15) is 0 Å². The smallest absolute Gasteiger partial charge is 1.00 e. The summed E-state index contributed by atoms with van der Waals surface area (Å²) in [6.45, 7) is 15.8. The van der Waals surface area contributed by atoms with E-state index in [0.29, 0.717) is 11.8 Å². The Kier molecular flexibility index (Phi) is 15.3. The Morgan fingerprint density at radius 2 is 0.740 bits per heavy atom. The molecule has 0 aliphatic rings. The Morgan fingerprint density at radius 3 is 1.10 bits per heavy atom. The van der Waals surface area contributed by atoms with Crippen molar-refractivity contribution in [3.05, 3.63) is 171 Å². The molecule has 0 unspecified atom stereocenters. The molecule has 8 aromatic carbocycles. The number of hydrogen-bond donors (Lipinski definition) is 0. The van der Waals surface area contributed by atoms with Crippen molar-refractivity contribution in [1.82, 2.24) is 0 Å². The molecule has 0 nitrogen and oxygen atoms in total. The van der Waals surface area contributed by atoms with E-state index < -0.39 is 0 Å². The zero-order valence-electron chi connectivity index (χ0n) is 29.4. The molecule has 0 spiro atoms. The van der Waals surface area contributed by atoms with Crippen molar-refractivity contribution in [2.45, 2.75) is 46.0 Å². The topological polar surface area (TPSA) is 0 Å². The number of benzene rings is 6. The second kappa shape index (κ2) is 18.7. The van der Waals surface area contributed by atoms with E-state index >= 15 is 0 Å². The van der Waals surface area contributed by atoms with Crippen LogP contribution in [0.1, 0.15) is 57.1 Å². The van der Waals surface area contributed by atoms with Crippen molar-refractivity contribution in [1.29, 1.82) is 0 Å². The molecule has 0 fully saturated rings. The minimum absolute atomic E-state index is 0. The zero-order chi connectivity index (χ0) is 32.9. The van der Waals surface area contributed by atoms with Gasteiger partial charge in [-0.2, -0.15) is 12.1 Å². The number of hydrogen-bond acceptors (Lipinski definition) is 0. The summed E-state index contributed by atoms with van der Waals surface area (Å²) in [5.41, 5.74) is 8.15. The Hall–Kier alpha value is -3.48. The second-order valence-corrected chi connectivity index (χ2v) is 12.9. The Labute approximate surface area is 330 Å². The van der Waals surface area contributed by atoms with Crippen molar-refractivity contribution in [2.75, 3.05) is 0 Å². The third-order valence-corrected chi connectivity index (χ3v) is 9.04. The SMILES string of the molecule is CC(C)c1cc2c(-c3cccc4ccccc34)cccc2[cH-]1.CC(C)c1cc2c(-c3cccc4ccccc34)cccc2[cH-]1.[CH2-]C[CH2-].[Cl-].[Cl-].[Zr+2]. The minimum Gasteiger partial charge on any atom is -1.00 e. The number of halogens is 2. The van der Waals surface area contributed by atoms with Gasteiger partial charge in [-0.25, -0.2) is 0 Å². The molecular formula is C47H44Cl2Zr-4. The molecule has 0 heterocycles. The first kappa shape index (κ1) is 40.9. The molecule has 0 aliphatic heterocycles. The molecule has 0 aliphatic carbocycles. The monoisotopic (exact) mass is 768 g/mol. The first-order chi connectivity index (χ1) is 22.9. The first-order valence-corrected chi connectivity index (χ1v) is 16.8. The van der Waals surface area contributed by atoms with Gasteiger partial charge < -0.3 is 45.1 Å². The van der Waals surface area contributed by atoms with Crippen molar-refractivity contribution < 1.29 is 51.0 Å². The van der Waals surface area contributed by atoms with E-state index in [2.05, 4.69) is 187 Å². The summed E-state index contributed by atoms with van der Waals surface area (Å²) in [4.78, 5) is 0. The minimum atomic E-state index is 0. The molecule has 0 amide bonds. The summed E-state index contributed by atoms with van der Waals surface area (Å²) in [6, 6.07) is 53.0. The predicted octanol–water partition coefficient (Wildman–Crippen LogP) is 8.05. The summed E-state index contributed by atoms with van der Waals surface area (Å²) in [6.07, 6.45) is 0.750. The van der Waals surface area contributed by atoms with Gasteiger partial charge in [-0.05, 0) is 44.5 Å². The van der Waals surface area contributed by atoms with Gasteiger partial charge in [-0.15, -0.1) is 69.1 Å². The molecule has 0 saturated carbocycles. The molecule has 0 aromatic heterocycles. The molecule has 0 N–H and O–H groups in total. The first-order valence-electron chi connectivity index (χ1n) is 16.8. The van der Waals surface area contributed by atoms with Gasteiger partial charge in [0.1, 0.15) is 0 Å². The average Bonchev–Trinajstić information content (AvgIpc) is 3.74. The summed E-state index contributed by atoms with van der Waals surface area (Å²) in [5.74, 6) is 1.13. The standard InChI is InChI=1S/2C22H19.C3H6.2ClH.Zr/c2*1-15(2)18-13-17-9-6-12-21(22(17)14-18)20-11-5-8-16-7-3-4-10-19(16)20;1-3-2;;;/h2*3-15H,1-2H3;1-3H2;2*1H;/q2*-1;-2;;;+2/p-2. The van der Waals surface area contributed by atoms with Crippen LogP contribution < -0.4 is 24.8 Å². The van der Waals surface area contributed by atoms with E-state index in [1.807, 2.05) is 0 Å². The molecule has 8 rings (SSSR count). The third kappa shape index (κ3) is 8.69. The fourth-order valence-electron chi connectivity index (χ4n) is 6.57. The van der Waals surface area contributed by atoms with Crippen LogP contribution in [0, 0.1) is 13.8 Å². The Bertz CT molecular complexity index is 2100. The van der Waals surface area contributed by atoms with Crippen molar-refractivity contribution >= 4 is 43.1 Å². The van der Waals surface area contributed by atoms with Gasteiger partial charge in [-0.3, -0.25) is 0 Å². The fraction of sp³-hybridized carbons (Fsp3) is 0.149. The fourth-order valence-corrected chi connectivity index (χ4v) is 6.57. The van der Waals surface area contributed by atoms with Crippen LogP contribution >= 0.6 is 0 Å². The van der Waals surface area contributed by atoms with Crippen LogP contribution in [0.2, 0.25) is 0 Å². The summed E-state index contributed by atoms with van der Waals surface area (Å²) in [5, 5.41) is 10.7. The van der Waals surface area contributed by atoms with Crippen LogP contribution in [0.5, 0.6) is 0 Å². The van der Waals surface area contributed by atoms with E-state index in [0.717, 1.165) is 6.42 Å². The van der Waals surface area contributed by atoms with E-state index in [1.165, 1.54) is 76.5 Å². The molecular weight excluding hydrogens is 727 g/mol. The van der Waals surface area contributed by atoms with Crippen molar-refractivity contribution in [3.8, 4) is 22.3 Å². The van der Waals surface area contributed by atoms with E-state index in [1.54, 1.807) is 0 Å². The molecule has 0 radical (unpaired) electrons. The molecule has 254 valence electrons. The van der Waals surface area contributed by atoms with Crippen molar-refractivity contribution in [2.24, 2.45) is 0 Å². The summed E-state index contributed by atoms with van der Waals surface area (Å²) in [7, 11) is 0. The van der Waals surface area contributed by atoms with Crippen LogP contribution in [-0.4, -0.2) is 0 Å². The predicted molar refractivity (Wildman–Crippen MR) is 208 cm³/mol. The third-order valence-electron chi connectivity index (χ3n) is 9.04. The number of fused-ring (bicyclic) bond motifs is 4. The van der Waals surface area contributed by atoms with Gasteiger partial charge in [0.2, 0.25) is 0 Å². The maximum absolute atomic E-state index is 3.38. The Balaban J connectivity index is 0.000000238. The van der Waals surface area contributed by atoms with Crippen LogP contribution in [-0.2, 0) is 26.2 Å². The molecule has 0 saturated heterocycles. The number of rotatable bonds is 4. The largest absolute Gasteiger partial charge is 2.00 e. The van der Waals surface area contributed by atoms with Gasteiger partial charge in [-0.1, -0.05) is 136 Å². The maximum Gasteiger partial charge on any atom is 2.00 e. The molecule has 3 heteroatoms. The van der Waals surface area contributed by atoms with Crippen LogP contribution in [0.3, 0.4) is 0 Å². The normalized spacial score (nSPS) is 10.6. The zero-order valence-corrected chi connectivity index (χ0v) is 33.4. The maximum atomic E-state index is 3.38. The van der Waals surface area contributed by atoms with Crippen LogP contribution in [0.4, 0.5) is 0 Å². The molecule has 8 aromatic rings. The Morgan fingerprint density at radius 1 is 0.440 bits per heavy atom. The van der Waals surface area contributed by atoms with Gasteiger partial charge in [0.15, 0.2) is 0 Å². The van der Waals surface area contributed by atoms with E-state index in [4.69, 9.17) is 0 Å². The van der Waals surface area contributed by atoms with Gasteiger partial charge in [0, 0.05) is 0 Å². The van der Waals surface area contributed by atoms with Gasteiger partial charge in [0.05, 0.1) is 0 Å². The quantitative estimate of drug-likeness (QED) is 0.159. The summed E-state index contributed by atoms with van der Waals surface area (Å²) < 4.78 is 0. The van der Waals surface area contributed by atoms with E-state index in [-0.39, 0.29) is 51.0 Å². The van der Waals surface area contributed by atoms with Gasteiger partial charge in [0.25, 0.3) is 0 Å². The average molecular weight is 771 g/mol. The van der Waals surface area contributed by atoms with Crippen molar-refractivity contribution in [3.63, 3.8) is 0 Å². The molecule has 0 atom stereocenters. The second-order valence-electron chi connectivity index (χ2n) is 12.9. The van der Waals surface area contributed by atoms with Gasteiger partial charge >= 0.3 is 26.2 Å². The molecule has 0 bridgehead atoms.